The Labute approximate surface area is 122 Å². The molecule has 1 aromatic carbocycles. The number of rotatable bonds is 2. The minimum absolute atomic E-state index is 0.224. The molecule has 1 saturated heterocycles. The van der Waals surface area contributed by atoms with Crippen molar-refractivity contribution in [3.05, 3.63) is 47.5 Å². The van der Waals surface area contributed by atoms with Crippen LogP contribution in [0.1, 0.15) is 17.0 Å². The fraction of sp³-hybridized carbons (Fsp3) is 0.333. The van der Waals surface area contributed by atoms with Gasteiger partial charge in [-0.2, -0.15) is 0 Å². The van der Waals surface area contributed by atoms with Gasteiger partial charge in [0.05, 0.1) is 19.6 Å². The number of aromatic nitrogens is 2. The zero-order valence-electron chi connectivity index (χ0n) is 11.6. The lowest BCUT2D eigenvalue weighted by Gasteiger charge is -2.15. The van der Waals surface area contributed by atoms with Crippen molar-refractivity contribution in [2.24, 2.45) is 0 Å². The molecule has 0 unspecified atom stereocenters. The Hall–Kier alpha value is -2.50. The number of imidazole rings is 1. The number of nitrogens with one attached hydrogen (secondary N) is 1. The molecule has 0 radical (unpaired) electrons. The van der Waals surface area contributed by atoms with Gasteiger partial charge < -0.3 is 19.5 Å². The maximum Gasteiger partial charge on any atom is 0.410 e. The Morgan fingerprint density at radius 3 is 3.19 bits per heavy atom. The van der Waals surface area contributed by atoms with Crippen LogP contribution in [0.25, 0.3) is 0 Å². The fourth-order valence-corrected chi connectivity index (χ4v) is 2.82. The van der Waals surface area contributed by atoms with E-state index in [-0.39, 0.29) is 6.09 Å². The number of anilines is 1. The monoisotopic (exact) mass is 284 g/mol. The van der Waals surface area contributed by atoms with E-state index in [1.807, 2.05) is 12.4 Å². The van der Waals surface area contributed by atoms with Crippen LogP contribution >= 0.6 is 0 Å². The third-order valence-electron chi connectivity index (χ3n) is 3.97. The highest BCUT2D eigenvalue weighted by atomic mass is 16.6. The van der Waals surface area contributed by atoms with Gasteiger partial charge in [-0.05, 0) is 17.2 Å². The van der Waals surface area contributed by atoms with Gasteiger partial charge in [0.15, 0.2) is 0 Å². The van der Waals surface area contributed by atoms with E-state index in [0.29, 0.717) is 19.7 Å². The van der Waals surface area contributed by atoms with Crippen molar-refractivity contribution < 1.29 is 9.53 Å². The van der Waals surface area contributed by atoms with E-state index in [0.717, 1.165) is 30.2 Å². The molecule has 3 heterocycles. The van der Waals surface area contributed by atoms with Gasteiger partial charge in [-0.25, -0.2) is 9.78 Å². The largest absolute Gasteiger partial charge is 0.448 e. The molecule has 0 saturated carbocycles. The number of fused-ring (bicyclic) bond motifs is 2. The van der Waals surface area contributed by atoms with Crippen molar-refractivity contribution in [2.75, 3.05) is 18.5 Å². The van der Waals surface area contributed by atoms with Crippen LogP contribution in [0.5, 0.6) is 0 Å². The van der Waals surface area contributed by atoms with Gasteiger partial charge in [-0.1, -0.05) is 12.1 Å². The molecule has 0 bridgehead atoms. The smallest absolute Gasteiger partial charge is 0.410 e. The first-order valence-corrected chi connectivity index (χ1v) is 7.07. The van der Waals surface area contributed by atoms with Crippen molar-refractivity contribution >= 4 is 11.8 Å². The number of hydrogen-bond acceptors (Lipinski definition) is 4. The van der Waals surface area contributed by atoms with Crippen molar-refractivity contribution in [3.63, 3.8) is 0 Å². The Balaban J connectivity index is 1.58. The van der Waals surface area contributed by atoms with E-state index >= 15 is 0 Å². The Bertz CT molecular complexity index is 695. The third-order valence-corrected chi connectivity index (χ3v) is 3.97. The minimum Gasteiger partial charge on any atom is -0.448 e. The molecule has 0 aliphatic carbocycles. The lowest BCUT2D eigenvalue weighted by molar-refractivity contribution is 0.157. The van der Waals surface area contributed by atoms with Crippen LogP contribution in [0, 0.1) is 0 Å². The molecule has 6 heteroatoms. The molecule has 6 nitrogen and oxygen atoms in total. The van der Waals surface area contributed by atoms with Crippen LogP contribution in [-0.2, 0) is 24.4 Å². The first-order chi connectivity index (χ1) is 10.3. The zero-order valence-corrected chi connectivity index (χ0v) is 11.6. The second-order valence-corrected chi connectivity index (χ2v) is 5.35. The quantitative estimate of drug-likeness (QED) is 0.913. The highest BCUT2D eigenvalue weighted by Gasteiger charge is 2.22. The van der Waals surface area contributed by atoms with Gasteiger partial charge in [0, 0.05) is 24.6 Å². The summed E-state index contributed by atoms with van der Waals surface area (Å²) < 4.78 is 7.11. The third kappa shape index (κ3) is 2.22. The SMILES string of the molecule is O=C1OCCN1Cc1ccc2c(c1)NCc1nccn1C2. The van der Waals surface area contributed by atoms with Gasteiger partial charge in [-0.3, -0.25) is 0 Å². The predicted molar refractivity (Wildman–Crippen MR) is 76.9 cm³/mol. The molecule has 4 rings (SSSR count). The average molecular weight is 284 g/mol. The zero-order chi connectivity index (χ0) is 14.2. The summed E-state index contributed by atoms with van der Waals surface area (Å²) in [5.41, 5.74) is 3.46. The van der Waals surface area contributed by atoms with Gasteiger partial charge in [0.2, 0.25) is 0 Å². The lowest BCUT2D eigenvalue weighted by atomic mass is 10.1. The number of ether oxygens (including phenoxy) is 1. The number of amides is 1. The van der Waals surface area contributed by atoms with Crippen molar-refractivity contribution in [1.29, 1.82) is 0 Å². The number of carbonyl (C=O) groups is 1. The van der Waals surface area contributed by atoms with Crippen molar-refractivity contribution in [3.8, 4) is 0 Å². The molecule has 0 spiro atoms. The number of hydrogen-bond donors (Lipinski definition) is 1. The summed E-state index contributed by atoms with van der Waals surface area (Å²) in [5.74, 6) is 1.04. The molecular formula is C15H16N4O2. The highest BCUT2D eigenvalue weighted by molar-refractivity contribution is 5.69. The number of benzene rings is 1. The van der Waals surface area contributed by atoms with E-state index in [9.17, 15) is 4.79 Å². The standard InChI is InChI=1S/C15H16N4O2/c20-15-19(5-6-21-15)9-11-1-2-12-10-18-4-3-16-14(18)8-17-13(12)7-11/h1-4,7,17H,5-6,8-10H2. The van der Waals surface area contributed by atoms with Crippen LogP contribution < -0.4 is 5.32 Å². The fourth-order valence-electron chi connectivity index (χ4n) is 2.82. The van der Waals surface area contributed by atoms with E-state index in [1.165, 1.54) is 5.56 Å². The van der Waals surface area contributed by atoms with Gasteiger partial charge >= 0.3 is 6.09 Å². The van der Waals surface area contributed by atoms with Gasteiger partial charge in [-0.15, -0.1) is 0 Å². The van der Waals surface area contributed by atoms with Crippen LogP contribution in [0.15, 0.2) is 30.6 Å². The van der Waals surface area contributed by atoms with Crippen LogP contribution in [0.4, 0.5) is 10.5 Å². The average Bonchev–Trinajstić information content (AvgIpc) is 3.05. The summed E-state index contributed by atoms with van der Waals surface area (Å²) in [7, 11) is 0. The summed E-state index contributed by atoms with van der Waals surface area (Å²) in [5, 5.41) is 3.43. The second-order valence-electron chi connectivity index (χ2n) is 5.35. The normalized spacial score (nSPS) is 16.8. The van der Waals surface area contributed by atoms with E-state index in [1.54, 1.807) is 4.90 Å². The maximum atomic E-state index is 11.5. The first kappa shape index (κ1) is 12.3. The lowest BCUT2D eigenvalue weighted by Crippen LogP contribution is -2.23. The molecule has 2 aromatic rings. The Kier molecular flexibility index (Phi) is 2.80. The molecule has 1 N–H and O–H groups in total. The summed E-state index contributed by atoms with van der Waals surface area (Å²) in [6.07, 6.45) is 3.60. The van der Waals surface area contributed by atoms with Crippen molar-refractivity contribution in [2.45, 2.75) is 19.6 Å². The minimum atomic E-state index is -0.224. The number of cyclic esters (lactones) is 1. The molecule has 1 amide bonds. The van der Waals surface area contributed by atoms with E-state index in [4.69, 9.17) is 4.74 Å². The summed E-state index contributed by atoms with van der Waals surface area (Å²) in [6, 6.07) is 6.32. The molecule has 21 heavy (non-hydrogen) atoms. The molecule has 108 valence electrons. The molecule has 1 fully saturated rings. The Morgan fingerprint density at radius 2 is 2.33 bits per heavy atom. The van der Waals surface area contributed by atoms with Gasteiger partial charge in [0.25, 0.3) is 0 Å². The molecular weight excluding hydrogens is 268 g/mol. The van der Waals surface area contributed by atoms with Gasteiger partial charge in [0.1, 0.15) is 12.4 Å². The van der Waals surface area contributed by atoms with Crippen molar-refractivity contribution in [1.82, 2.24) is 14.5 Å². The summed E-state index contributed by atoms with van der Waals surface area (Å²) >= 11 is 0. The summed E-state index contributed by atoms with van der Waals surface area (Å²) in [4.78, 5) is 17.6. The Morgan fingerprint density at radius 1 is 1.38 bits per heavy atom. The van der Waals surface area contributed by atoms with Crippen LogP contribution in [-0.4, -0.2) is 33.7 Å². The topological polar surface area (TPSA) is 59.4 Å². The van der Waals surface area contributed by atoms with Crippen LogP contribution in [0.3, 0.4) is 0 Å². The molecule has 2 aliphatic heterocycles. The molecule has 1 aromatic heterocycles. The highest BCUT2D eigenvalue weighted by Crippen LogP contribution is 2.24. The van der Waals surface area contributed by atoms with Crippen LogP contribution in [0.2, 0.25) is 0 Å². The predicted octanol–water partition coefficient (Wildman–Crippen LogP) is 1.81. The molecule has 0 atom stereocenters. The molecule has 2 aliphatic rings. The second kappa shape index (κ2) is 4.80. The maximum absolute atomic E-state index is 11.5. The van der Waals surface area contributed by atoms with E-state index in [2.05, 4.69) is 33.1 Å². The first-order valence-electron chi connectivity index (χ1n) is 7.07. The number of carbonyl (C=O) groups excluding carboxylic acids is 1. The van der Waals surface area contributed by atoms with E-state index < -0.39 is 0 Å². The summed E-state index contributed by atoms with van der Waals surface area (Å²) in [6.45, 7) is 3.29. The number of nitrogens with zero attached hydrogens (tertiary/aromatic N) is 3.